The van der Waals surface area contributed by atoms with Crippen molar-refractivity contribution in [1.82, 2.24) is 9.97 Å². The first-order valence-corrected chi connectivity index (χ1v) is 8.15. The number of nitrogens with one attached hydrogen (secondary N) is 1. The van der Waals surface area contributed by atoms with Gasteiger partial charge in [0.05, 0.1) is 10.6 Å². The van der Waals surface area contributed by atoms with E-state index < -0.39 is 6.10 Å². The van der Waals surface area contributed by atoms with Crippen molar-refractivity contribution in [2.45, 2.75) is 12.5 Å². The molecule has 0 fully saturated rings. The predicted molar refractivity (Wildman–Crippen MR) is 90.5 cm³/mol. The van der Waals surface area contributed by atoms with E-state index in [0.29, 0.717) is 22.7 Å². The average Bonchev–Trinajstić information content (AvgIpc) is 2.92. The molecule has 0 amide bonds. The number of benzene rings is 1. The Labute approximate surface area is 142 Å². The molecule has 7 heteroatoms. The molecule has 0 spiro atoms. The van der Waals surface area contributed by atoms with Gasteiger partial charge in [-0.25, -0.2) is 0 Å². The summed E-state index contributed by atoms with van der Waals surface area (Å²) in [7, 11) is 0. The highest BCUT2D eigenvalue weighted by atomic mass is 32.1. The third-order valence-corrected chi connectivity index (χ3v) is 4.30. The fourth-order valence-corrected chi connectivity index (χ4v) is 2.95. The Morgan fingerprint density at radius 1 is 1.21 bits per heavy atom. The van der Waals surface area contributed by atoms with Gasteiger partial charge in [0.2, 0.25) is 5.88 Å². The van der Waals surface area contributed by atoms with Crippen LogP contribution in [0.15, 0.2) is 53.5 Å². The monoisotopic (exact) mass is 344 g/mol. The maximum Gasteiger partial charge on any atom is 0.307 e. The van der Waals surface area contributed by atoms with Gasteiger partial charge in [0.1, 0.15) is 18.5 Å². The number of thiazole rings is 1. The van der Waals surface area contributed by atoms with Gasteiger partial charge in [0.15, 0.2) is 0 Å². The lowest BCUT2D eigenvalue weighted by molar-refractivity contribution is 0.104. The fraction of sp³-hybridized carbons (Fsp3) is 0.176. The van der Waals surface area contributed by atoms with E-state index in [1.165, 1.54) is 0 Å². The number of ether oxygens (including phenoxy) is 1. The Morgan fingerprint density at radius 2 is 2.00 bits per heavy atom. The maximum absolute atomic E-state index is 11.2. The summed E-state index contributed by atoms with van der Waals surface area (Å²) >= 11 is 0.993. The molecule has 0 radical (unpaired) electrons. The van der Waals surface area contributed by atoms with E-state index in [1.54, 1.807) is 30.5 Å². The molecule has 0 bridgehead atoms. The minimum Gasteiger partial charge on any atom is -0.494 e. The van der Waals surface area contributed by atoms with E-state index >= 15 is 0 Å². The van der Waals surface area contributed by atoms with Crippen molar-refractivity contribution in [2.75, 3.05) is 6.61 Å². The number of rotatable bonds is 6. The molecule has 3 aromatic rings. The quantitative estimate of drug-likeness (QED) is 0.637. The van der Waals surface area contributed by atoms with Crippen molar-refractivity contribution >= 4 is 11.3 Å². The summed E-state index contributed by atoms with van der Waals surface area (Å²) in [6.07, 6.45) is 1.30. The van der Waals surface area contributed by atoms with Gasteiger partial charge in [-0.3, -0.25) is 14.8 Å². The first kappa shape index (κ1) is 16.2. The summed E-state index contributed by atoms with van der Waals surface area (Å²) in [4.78, 5) is 17.9. The molecule has 3 N–H and O–H groups in total. The highest BCUT2D eigenvalue weighted by Gasteiger charge is 2.10. The van der Waals surface area contributed by atoms with Crippen LogP contribution in [0.5, 0.6) is 11.6 Å². The molecule has 124 valence electrons. The van der Waals surface area contributed by atoms with Gasteiger partial charge >= 0.3 is 4.87 Å². The number of aliphatic hydroxyl groups excluding tert-OH is 1. The Bertz CT molecular complexity index is 843. The van der Waals surface area contributed by atoms with E-state index in [2.05, 4.69) is 9.97 Å². The zero-order valence-electron chi connectivity index (χ0n) is 12.7. The summed E-state index contributed by atoms with van der Waals surface area (Å²) in [5.74, 6) is 0.545. The van der Waals surface area contributed by atoms with E-state index in [-0.39, 0.29) is 17.4 Å². The smallest absolute Gasteiger partial charge is 0.307 e. The van der Waals surface area contributed by atoms with E-state index in [4.69, 9.17) is 4.74 Å². The van der Waals surface area contributed by atoms with Crippen LogP contribution in [0.1, 0.15) is 22.2 Å². The minimum absolute atomic E-state index is 0.0798. The summed E-state index contributed by atoms with van der Waals surface area (Å²) in [6.45, 7) is 0.108. The lowest BCUT2D eigenvalue weighted by Gasteiger charge is -2.12. The van der Waals surface area contributed by atoms with Crippen molar-refractivity contribution in [3.63, 3.8) is 0 Å². The third-order valence-electron chi connectivity index (χ3n) is 3.43. The van der Waals surface area contributed by atoms with Gasteiger partial charge < -0.3 is 14.9 Å². The molecule has 1 aromatic carbocycles. The number of aromatic hydroxyl groups is 1. The van der Waals surface area contributed by atoms with Crippen LogP contribution in [0.3, 0.4) is 0 Å². The average molecular weight is 344 g/mol. The summed E-state index contributed by atoms with van der Waals surface area (Å²) < 4.78 is 5.56. The number of aliphatic hydroxyl groups is 1. The lowest BCUT2D eigenvalue weighted by atomic mass is 10.1. The molecule has 6 nitrogen and oxygen atoms in total. The molecule has 1 unspecified atom stereocenters. The van der Waals surface area contributed by atoms with E-state index in [0.717, 1.165) is 16.9 Å². The molecule has 2 aromatic heterocycles. The maximum atomic E-state index is 11.2. The van der Waals surface area contributed by atoms with Crippen LogP contribution in [0, 0.1) is 0 Å². The minimum atomic E-state index is -0.792. The van der Waals surface area contributed by atoms with Crippen LogP contribution in [-0.2, 0) is 6.42 Å². The molecular formula is C17H16N2O4S. The van der Waals surface area contributed by atoms with Crippen LogP contribution in [0.25, 0.3) is 0 Å². The van der Waals surface area contributed by atoms with Crippen LogP contribution >= 0.6 is 11.3 Å². The van der Waals surface area contributed by atoms with Gasteiger partial charge in [-0.05, 0) is 29.8 Å². The molecule has 0 aliphatic rings. The predicted octanol–water partition coefficient (Wildman–Crippen LogP) is 2.24. The van der Waals surface area contributed by atoms with Crippen molar-refractivity contribution in [3.05, 3.63) is 74.5 Å². The number of pyridine rings is 1. The van der Waals surface area contributed by atoms with Crippen molar-refractivity contribution in [2.24, 2.45) is 0 Å². The molecule has 24 heavy (non-hydrogen) atoms. The van der Waals surface area contributed by atoms with Crippen molar-refractivity contribution in [3.8, 4) is 11.6 Å². The SMILES string of the molecule is O=c1[nH]c(O)c(Cc2ccc(OCC(O)c3ccccn3)cc2)s1. The lowest BCUT2D eigenvalue weighted by Crippen LogP contribution is -2.10. The summed E-state index contributed by atoms with van der Waals surface area (Å²) in [5, 5.41) is 19.6. The van der Waals surface area contributed by atoms with Crippen LogP contribution < -0.4 is 9.61 Å². The number of aromatic nitrogens is 2. The van der Waals surface area contributed by atoms with Crippen LogP contribution in [0.4, 0.5) is 0 Å². The van der Waals surface area contributed by atoms with E-state index in [1.807, 2.05) is 18.2 Å². The highest BCUT2D eigenvalue weighted by molar-refractivity contribution is 7.09. The van der Waals surface area contributed by atoms with Crippen molar-refractivity contribution in [1.29, 1.82) is 0 Å². The zero-order chi connectivity index (χ0) is 16.9. The first-order valence-electron chi connectivity index (χ1n) is 7.33. The number of H-pyrrole nitrogens is 1. The second kappa shape index (κ2) is 7.29. The highest BCUT2D eigenvalue weighted by Crippen LogP contribution is 2.22. The number of hydrogen-bond acceptors (Lipinski definition) is 6. The Kier molecular flexibility index (Phi) is 4.93. The van der Waals surface area contributed by atoms with Gasteiger partial charge in [0, 0.05) is 12.6 Å². The molecule has 0 aliphatic carbocycles. The second-order valence-electron chi connectivity index (χ2n) is 5.19. The molecule has 0 aliphatic heterocycles. The molecule has 0 saturated carbocycles. The fourth-order valence-electron chi connectivity index (χ4n) is 2.19. The standard InChI is InChI=1S/C17H16N2O4S/c20-14(13-3-1-2-8-18-13)10-23-12-6-4-11(5-7-12)9-15-16(21)19-17(22)24-15/h1-8,14,20-21H,9-10H2,(H,19,22). The van der Waals surface area contributed by atoms with Gasteiger partial charge in [0.25, 0.3) is 0 Å². The van der Waals surface area contributed by atoms with Gasteiger partial charge in [-0.15, -0.1) is 0 Å². The summed E-state index contributed by atoms with van der Waals surface area (Å²) in [6, 6.07) is 12.6. The van der Waals surface area contributed by atoms with Crippen LogP contribution in [0.2, 0.25) is 0 Å². The first-order chi connectivity index (χ1) is 11.6. The zero-order valence-corrected chi connectivity index (χ0v) is 13.5. The molecular weight excluding hydrogens is 328 g/mol. The normalized spacial score (nSPS) is 12.0. The Morgan fingerprint density at radius 3 is 2.62 bits per heavy atom. The van der Waals surface area contributed by atoms with Gasteiger partial charge in [-0.1, -0.05) is 29.5 Å². The van der Waals surface area contributed by atoms with E-state index in [9.17, 15) is 15.0 Å². The van der Waals surface area contributed by atoms with Crippen LogP contribution in [-0.4, -0.2) is 26.8 Å². The largest absolute Gasteiger partial charge is 0.494 e. The Balaban J connectivity index is 1.58. The number of nitrogens with zero attached hydrogens (tertiary/aromatic N) is 1. The topological polar surface area (TPSA) is 95.4 Å². The summed E-state index contributed by atoms with van der Waals surface area (Å²) in [5.41, 5.74) is 1.50. The van der Waals surface area contributed by atoms with Crippen molar-refractivity contribution < 1.29 is 14.9 Å². The van der Waals surface area contributed by atoms with Gasteiger partial charge in [-0.2, -0.15) is 0 Å². The third kappa shape index (κ3) is 4.01. The number of aromatic amines is 1. The molecule has 2 heterocycles. The molecule has 1 atom stereocenters. The number of hydrogen-bond donors (Lipinski definition) is 3. The second-order valence-corrected chi connectivity index (χ2v) is 6.26. The molecule has 3 rings (SSSR count). The molecule has 0 saturated heterocycles. The Hall–Kier alpha value is -2.64.